The highest BCUT2D eigenvalue weighted by molar-refractivity contribution is 6.32. The zero-order chi connectivity index (χ0) is 15.9. The molecule has 114 valence electrons. The van der Waals surface area contributed by atoms with E-state index in [9.17, 15) is 5.26 Å². The van der Waals surface area contributed by atoms with Crippen LogP contribution in [0.15, 0.2) is 42.5 Å². The molecule has 1 unspecified atom stereocenters. The number of nitrogens with zero attached hydrogens (tertiary/aromatic N) is 1. The third-order valence-electron chi connectivity index (χ3n) is 3.41. The Morgan fingerprint density at radius 3 is 2.45 bits per heavy atom. The van der Waals surface area contributed by atoms with E-state index < -0.39 is 0 Å². The quantitative estimate of drug-likeness (QED) is 0.782. The van der Waals surface area contributed by atoms with Gasteiger partial charge in [0.2, 0.25) is 0 Å². The molecule has 0 aliphatic carbocycles. The molecule has 0 aliphatic rings. The Labute approximate surface area is 136 Å². The van der Waals surface area contributed by atoms with Crippen LogP contribution in [0.25, 0.3) is 0 Å². The summed E-state index contributed by atoms with van der Waals surface area (Å²) in [5.41, 5.74) is 1.98. The topological polar surface area (TPSA) is 42.2 Å². The minimum Gasteiger partial charge on any atom is -0.495 e. The van der Waals surface area contributed by atoms with Gasteiger partial charge in [-0.2, -0.15) is 5.26 Å². The molecule has 0 saturated carbocycles. The second-order valence-corrected chi connectivity index (χ2v) is 5.26. The van der Waals surface area contributed by atoms with Crippen molar-refractivity contribution in [3.8, 4) is 17.6 Å². The predicted octanol–water partition coefficient (Wildman–Crippen LogP) is 4.60. The highest BCUT2D eigenvalue weighted by atomic mass is 35.5. The second kappa shape index (κ2) is 7.72. The Hall–Kier alpha value is -2.18. The number of nitriles is 1. The summed E-state index contributed by atoms with van der Waals surface area (Å²) < 4.78 is 10.6. The number of hydrogen-bond donors (Lipinski definition) is 0. The van der Waals surface area contributed by atoms with E-state index in [0.29, 0.717) is 23.8 Å². The van der Waals surface area contributed by atoms with Crippen LogP contribution < -0.4 is 9.47 Å². The molecular formula is C18H18ClNO2. The van der Waals surface area contributed by atoms with E-state index in [1.54, 1.807) is 7.11 Å². The van der Waals surface area contributed by atoms with E-state index >= 15 is 0 Å². The van der Waals surface area contributed by atoms with Gasteiger partial charge in [-0.15, -0.1) is 0 Å². The number of rotatable bonds is 6. The van der Waals surface area contributed by atoms with Gasteiger partial charge in [-0.1, -0.05) is 29.8 Å². The minimum absolute atomic E-state index is 0.222. The monoisotopic (exact) mass is 315 g/mol. The van der Waals surface area contributed by atoms with Crippen molar-refractivity contribution in [1.82, 2.24) is 0 Å². The second-order valence-electron chi connectivity index (χ2n) is 4.86. The van der Waals surface area contributed by atoms with E-state index in [-0.39, 0.29) is 5.92 Å². The first-order valence-corrected chi connectivity index (χ1v) is 7.50. The number of methoxy groups -OCH3 is 1. The number of benzene rings is 2. The van der Waals surface area contributed by atoms with Crippen LogP contribution in [0.5, 0.6) is 11.5 Å². The van der Waals surface area contributed by atoms with Gasteiger partial charge in [0.15, 0.2) is 0 Å². The molecule has 0 heterocycles. The van der Waals surface area contributed by atoms with E-state index in [1.165, 1.54) is 0 Å². The maximum absolute atomic E-state index is 9.44. The molecule has 2 aromatic carbocycles. The van der Waals surface area contributed by atoms with Gasteiger partial charge in [-0.3, -0.25) is 0 Å². The standard InChI is InChI=1S/C18H18ClNO2/c1-3-22-16-7-5-14(6-8-16)15(12-20)10-13-4-9-18(21-2)17(19)11-13/h4-9,11,15H,3,10H2,1-2H3. The van der Waals surface area contributed by atoms with E-state index in [2.05, 4.69) is 6.07 Å². The van der Waals surface area contributed by atoms with Crippen LogP contribution in [0.2, 0.25) is 5.02 Å². The Balaban J connectivity index is 2.15. The molecule has 0 spiro atoms. The smallest absolute Gasteiger partial charge is 0.137 e. The molecule has 4 heteroatoms. The van der Waals surface area contributed by atoms with Gasteiger partial charge in [0.05, 0.1) is 30.7 Å². The lowest BCUT2D eigenvalue weighted by Crippen LogP contribution is -2.01. The molecule has 0 saturated heterocycles. The lowest BCUT2D eigenvalue weighted by Gasteiger charge is -2.12. The van der Waals surface area contributed by atoms with Gasteiger partial charge in [0, 0.05) is 0 Å². The summed E-state index contributed by atoms with van der Waals surface area (Å²) in [6.07, 6.45) is 0.605. The van der Waals surface area contributed by atoms with E-state index in [1.807, 2.05) is 49.4 Å². The molecule has 2 rings (SSSR count). The van der Waals surface area contributed by atoms with Gasteiger partial charge in [0.25, 0.3) is 0 Å². The predicted molar refractivity (Wildman–Crippen MR) is 87.7 cm³/mol. The summed E-state index contributed by atoms with van der Waals surface area (Å²) in [5, 5.41) is 10.0. The number of ether oxygens (including phenoxy) is 2. The number of halogens is 1. The summed E-state index contributed by atoms with van der Waals surface area (Å²) in [7, 11) is 1.58. The summed E-state index contributed by atoms with van der Waals surface area (Å²) in [6.45, 7) is 2.57. The average molecular weight is 316 g/mol. The maximum atomic E-state index is 9.44. The maximum Gasteiger partial charge on any atom is 0.137 e. The summed E-state index contributed by atoms with van der Waals surface area (Å²) in [6, 6.07) is 15.6. The Kier molecular flexibility index (Phi) is 5.68. The first-order valence-electron chi connectivity index (χ1n) is 7.12. The summed E-state index contributed by atoms with van der Waals surface area (Å²) in [4.78, 5) is 0. The summed E-state index contributed by atoms with van der Waals surface area (Å²) >= 11 is 6.13. The Morgan fingerprint density at radius 2 is 1.91 bits per heavy atom. The third kappa shape index (κ3) is 3.93. The van der Waals surface area contributed by atoms with E-state index in [0.717, 1.165) is 16.9 Å². The van der Waals surface area contributed by atoms with Crippen molar-refractivity contribution in [3.63, 3.8) is 0 Å². The zero-order valence-electron chi connectivity index (χ0n) is 12.7. The van der Waals surface area contributed by atoms with Crippen molar-refractivity contribution >= 4 is 11.6 Å². The first-order chi connectivity index (χ1) is 10.7. The van der Waals surface area contributed by atoms with Crippen LogP contribution >= 0.6 is 11.6 Å². The normalized spacial score (nSPS) is 11.5. The van der Waals surface area contributed by atoms with E-state index in [4.69, 9.17) is 21.1 Å². The Bertz CT molecular complexity index is 662. The van der Waals surface area contributed by atoms with Gasteiger partial charge in [-0.05, 0) is 48.7 Å². The van der Waals surface area contributed by atoms with Crippen molar-refractivity contribution < 1.29 is 9.47 Å². The lowest BCUT2D eigenvalue weighted by molar-refractivity contribution is 0.340. The van der Waals surface area contributed by atoms with Crippen molar-refractivity contribution in [2.24, 2.45) is 0 Å². The van der Waals surface area contributed by atoms with Crippen LogP contribution in [-0.4, -0.2) is 13.7 Å². The lowest BCUT2D eigenvalue weighted by atomic mass is 9.93. The molecule has 0 N–H and O–H groups in total. The van der Waals surface area contributed by atoms with Crippen molar-refractivity contribution in [2.75, 3.05) is 13.7 Å². The van der Waals surface area contributed by atoms with Crippen molar-refractivity contribution in [3.05, 3.63) is 58.6 Å². The zero-order valence-corrected chi connectivity index (χ0v) is 13.4. The van der Waals surface area contributed by atoms with Crippen molar-refractivity contribution in [2.45, 2.75) is 19.3 Å². The van der Waals surface area contributed by atoms with Gasteiger partial charge in [0.1, 0.15) is 11.5 Å². The molecular weight excluding hydrogens is 298 g/mol. The highest BCUT2D eigenvalue weighted by Crippen LogP contribution is 2.28. The molecule has 0 amide bonds. The minimum atomic E-state index is -0.222. The van der Waals surface area contributed by atoms with Gasteiger partial charge in [-0.25, -0.2) is 0 Å². The van der Waals surface area contributed by atoms with Crippen molar-refractivity contribution in [1.29, 1.82) is 5.26 Å². The largest absolute Gasteiger partial charge is 0.495 e. The molecule has 0 aromatic heterocycles. The van der Waals surface area contributed by atoms with Crippen LogP contribution in [-0.2, 0) is 6.42 Å². The molecule has 0 bridgehead atoms. The highest BCUT2D eigenvalue weighted by Gasteiger charge is 2.13. The molecule has 3 nitrogen and oxygen atoms in total. The Morgan fingerprint density at radius 1 is 1.18 bits per heavy atom. The molecule has 1 atom stereocenters. The molecule has 22 heavy (non-hydrogen) atoms. The van der Waals surface area contributed by atoms with Crippen LogP contribution in [0.3, 0.4) is 0 Å². The fourth-order valence-electron chi connectivity index (χ4n) is 2.27. The molecule has 2 aromatic rings. The summed E-state index contributed by atoms with van der Waals surface area (Å²) in [5.74, 6) is 1.23. The third-order valence-corrected chi connectivity index (χ3v) is 3.70. The molecule has 0 fully saturated rings. The van der Waals surface area contributed by atoms with Gasteiger partial charge < -0.3 is 9.47 Å². The van der Waals surface area contributed by atoms with Crippen LogP contribution in [0.4, 0.5) is 0 Å². The van der Waals surface area contributed by atoms with Crippen LogP contribution in [0, 0.1) is 11.3 Å². The molecule has 0 aliphatic heterocycles. The van der Waals surface area contributed by atoms with Gasteiger partial charge >= 0.3 is 0 Å². The first kappa shape index (κ1) is 16.2. The fraction of sp³-hybridized carbons (Fsp3) is 0.278. The molecule has 0 radical (unpaired) electrons. The number of hydrogen-bond acceptors (Lipinski definition) is 3. The van der Waals surface area contributed by atoms with Crippen LogP contribution in [0.1, 0.15) is 24.0 Å². The SMILES string of the molecule is CCOc1ccc(C(C#N)Cc2ccc(OC)c(Cl)c2)cc1. The average Bonchev–Trinajstić information content (AvgIpc) is 2.54. The fourth-order valence-corrected chi connectivity index (χ4v) is 2.55.